The first-order chi connectivity index (χ1) is 28.1. The van der Waals surface area contributed by atoms with Crippen molar-refractivity contribution in [1.29, 1.82) is 0 Å². The van der Waals surface area contributed by atoms with Crippen LogP contribution < -0.4 is 0 Å². The highest BCUT2D eigenvalue weighted by Gasteiger charge is 2.31. The van der Waals surface area contributed by atoms with E-state index in [1.54, 1.807) is 0 Å². The fraction of sp³-hybridized carbons (Fsp3) is 0.963. The lowest BCUT2D eigenvalue weighted by Gasteiger charge is -2.20. The van der Waals surface area contributed by atoms with E-state index in [1.807, 2.05) is 0 Å². The maximum atomic E-state index is 13.8. The first-order valence-corrected chi connectivity index (χ1v) is 26.8. The smallest absolute Gasteiger partial charge is 0.314 e. The number of ketones is 1. The summed E-state index contributed by atoms with van der Waals surface area (Å²) in [4.78, 5) is 26.2. The second-order valence-electron chi connectivity index (χ2n) is 18.9. The number of hydrogen-bond acceptors (Lipinski definition) is 2. The molecule has 0 aliphatic rings. The highest BCUT2D eigenvalue weighted by Crippen LogP contribution is 2.26. The Morgan fingerprint density at radius 2 is 0.456 bits per heavy atom. The topological polar surface area (TPSA) is 54.4 Å². The summed E-state index contributed by atoms with van der Waals surface area (Å²) in [7, 11) is 0. The van der Waals surface area contributed by atoms with Crippen molar-refractivity contribution in [1.82, 2.24) is 0 Å². The van der Waals surface area contributed by atoms with Crippen molar-refractivity contribution in [3.8, 4) is 0 Å². The maximum Gasteiger partial charge on any atom is 0.314 e. The first-order valence-electron chi connectivity index (χ1n) is 26.8. The van der Waals surface area contributed by atoms with Gasteiger partial charge in [-0.1, -0.05) is 303 Å². The zero-order chi connectivity index (χ0) is 41.5. The molecule has 0 aromatic heterocycles. The lowest BCUT2D eigenvalue weighted by atomic mass is 9.82. The molecule has 0 aliphatic carbocycles. The minimum Gasteiger partial charge on any atom is -0.481 e. The molecule has 0 rings (SSSR count). The van der Waals surface area contributed by atoms with Crippen LogP contribution in [0.2, 0.25) is 0 Å². The summed E-state index contributed by atoms with van der Waals surface area (Å²) in [5, 5.41) is 10.2. The predicted octanol–water partition coefficient (Wildman–Crippen LogP) is 19.3. The van der Waals surface area contributed by atoms with Crippen molar-refractivity contribution < 1.29 is 14.7 Å². The van der Waals surface area contributed by atoms with Gasteiger partial charge in [-0.3, -0.25) is 9.59 Å². The SMILES string of the molecule is CCCCCCCCCCCCCCCCCCC(CCCCCCCCCCCCCCCC)C(=O)C(CCCCCCCCCCCCCCCC)C(=O)O. The molecule has 0 heterocycles. The molecule has 0 aromatic rings. The first kappa shape index (κ1) is 56.1. The Kier molecular flexibility index (Phi) is 47.1. The van der Waals surface area contributed by atoms with Crippen LogP contribution in [0.1, 0.15) is 323 Å². The number of hydrogen-bond donors (Lipinski definition) is 1. The molecule has 3 nitrogen and oxygen atoms in total. The van der Waals surface area contributed by atoms with Crippen LogP contribution in [0.25, 0.3) is 0 Å². The number of aliphatic carboxylic acids is 1. The zero-order valence-electron chi connectivity index (χ0n) is 39.7. The molecule has 2 unspecified atom stereocenters. The summed E-state index contributed by atoms with van der Waals surface area (Å²) in [6.45, 7) is 6.86. The van der Waals surface area contributed by atoms with Crippen LogP contribution in [-0.2, 0) is 9.59 Å². The molecule has 2 atom stereocenters. The summed E-state index contributed by atoms with van der Waals surface area (Å²) in [5.41, 5.74) is 0. The van der Waals surface area contributed by atoms with Gasteiger partial charge in [-0.05, 0) is 19.3 Å². The van der Waals surface area contributed by atoms with E-state index in [0.717, 1.165) is 38.5 Å². The molecule has 57 heavy (non-hydrogen) atoms. The highest BCUT2D eigenvalue weighted by atomic mass is 16.4. The van der Waals surface area contributed by atoms with Crippen molar-refractivity contribution in [2.24, 2.45) is 11.8 Å². The Hall–Kier alpha value is -0.860. The molecule has 0 aromatic carbocycles. The average Bonchev–Trinajstić information content (AvgIpc) is 3.21. The van der Waals surface area contributed by atoms with Gasteiger partial charge in [0.2, 0.25) is 0 Å². The summed E-state index contributed by atoms with van der Waals surface area (Å²) >= 11 is 0. The quantitative estimate of drug-likeness (QED) is 0.0492. The second kappa shape index (κ2) is 47.8. The van der Waals surface area contributed by atoms with Gasteiger partial charge in [0.1, 0.15) is 11.7 Å². The van der Waals surface area contributed by atoms with Crippen molar-refractivity contribution in [2.45, 2.75) is 323 Å². The molecule has 0 aliphatic heterocycles. The molecule has 0 saturated heterocycles. The molecule has 0 bridgehead atoms. The standard InChI is InChI=1S/C54H106O3/c1-4-7-10-13-16-19-22-25-28-29-31-34-37-40-43-46-49-51(48-45-42-39-36-33-30-26-23-20-17-14-11-8-5-2)53(55)52(54(56)57)50-47-44-41-38-35-32-27-24-21-18-15-12-9-6-3/h51-52H,4-50H2,1-3H3,(H,56,57). The van der Waals surface area contributed by atoms with Crippen LogP contribution in [-0.4, -0.2) is 16.9 Å². The summed E-state index contributed by atoms with van der Waals surface area (Å²) < 4.78 is 0. The number of carboxylic acid groups (broad SMARTS) is 1. The summed E-state index contributed by atoms with van der Waals surface area (Å²) in [6.07, 6.45) is 60.9. The van der Waals surface area contributed by atoms with Crippen LogP contribution in [0.5, 0.6) is 0 Å². The summed E-state index contributed by atoms with van der Waals surface area (Å²) in [5.74, 6) is -1.65. The van der Waals surface area contributed by atoms with Crippen LogP contribution in [0.4, 0.5) is 0 Å². The minimum absolute atomic E-state index is 0.0540. The van der Waals surface area contributed by atoms with Gasteiger partial charge in [0, 0.05) is 5.92 Å². The van der Waals surface area contributed by atoms with Crippen molar-refractivity contribution in [3.05, 3.63) is 0 Å². The third kappa shape index (κ3) is 41.7. The normalized spacial score (nSPS) is 12.7. The van der Waals surface area contributed by atoms with Gasteiger partial charge in [0.25, 0.3) is 0 Å². The number of carboxylic acids is 1. The van der Waals surface area contributed by atoms with Gasteiger partial charge in [-0.25, -0.2) is 0 Å². The van der Waals surface area contributed by atoms with Gasteiger partial charge in [-0.2, -0.15) is 0 Å². The van der Waals surface area contributed by atoms with Crippen molar-refractivity contribution in [2.75, 3.05) is 0 Å². The second-order valence-corrected chi connectivity index (χ2v) is 18.9. The van der Waals surface area contributed by atoms with E-state index in [9.17, 15) is 14.7 Å². The van der Waals surface area contributed by atoms with E-state index < -0.39 is 11.9 Å². The number of Topliss-reactive ketones (excluding diaryl/α,β-unsaturated/α-hetero) is 1. The lowest BCUT2D eigenvalue weighted by Crippen LogP contribution is -2.30. The number of carbonyl (C=O) groups excluding carboxylic acids is 1. The van der Waals surface area contributed by atoms with Gasteiger partial charge >= 0.3 is 5.97 Å². The van der Waals surface area contributed by atoms with E-state index in [0.29, 0.717) is 6.42 Å². The van der Waals surface area contributed by atoms with Gasteiger partial charge in [0.15, 0.2) is 0 Å². The maximum absolute atomic E-state index is 13.8. The fourth-order valence-electron chi connectivity index (χ4n) is 9.17. The molecule has 1 N–H and O–H groups in total. The average molecular weight is 803 g/mol. The molecule has 340 valence electrons. The minimum atomic E-state index is -0.868. The molecule has 0 amide bonds. The van der Waals surface area contributed by atoms with Crippen LogP contribution in [0, 0.1) is 11.8 Å². The molecule has 0 radical (unpaired) electrons. The van der Waals surface area contributed by atoms with Gasteiger partial charge in [-0.15, -0.1) is 0 Å². The van der Waals surface area contributed by atoms with Crippen molar-refractivity contribution in [3.63, 3.8) is 0 Å². The highest BCUT2D eigenvalue weighted by molar-refractivity contribution is 5.99. The molecule has 0 saturated carbocycles. The predicted molar refractivity (Wildman–Crippen MR) is 254 cm³/mol. The number of unbranched alkanes of at least 4 members (excludes halogenated alkanes) is 41. The summed E-state index contributed by atoms with van der Waals surface area (Å²) in [6, 6.07) is 0. The van der Waals surface area contributed by atoms with E-state index in [1.165, 1.54) is 257 Å². The number of rotatable bonds is 50. The zero-order valence-corrected chi connectivity index (χ0v) is 39.7. The fourth-order valence-corrected chi connectivity index (χ4v) is 9.17. The molecular weight excluding hydrogens is 697 g/mol. The third-order valence-electron chi connectivity index (χ3n) is 13.2. The Labute approximate surface area is 359 Å². The molecule has 0 fully saturated rings. The lowest BCUT2D eigenvalue weighted by molar-refractivity contribution is -0.148. The van der Waals surface area contributed by atoms with E-state index in [4.69, 9.17) is 0 Å². The van der Waals surface area contributed by atoms with Crippen LogP contribution in [0.15, 0.2) is 0 Å². The molecular formula is C54H106O3. The van der Waals surface area contributed by atoms with Crippen molar-refractivity contribution >= 4 is 11.8 Å². The van der Waals surface area contributed by atoms with Crippen LogP contribution in [0.3, 0.4) is 0 Å². The molecule has 3 heteroatoms. The monoisotopic (exact) mass is 803 g/mol. The Morgan fingerprint density at radius 1 is 0.281 bits per heavy atom. The Morgan fingerprint density at radius 3 is 0.649 bits per heavy atom. The Bertz CT molecular complexity index is 792. The Balaban J connectivity index is 4.43. The third-order valence-corrected chi connectivity index (χ3v) is 13.2. The molecule has 0 spiro atoms. The number of carbonyl (C=O) groups is 2. The van der Waals surface area contributed by atoms with E-state index >= 15 is 0 Å². The van der Waals surface area contributed by atoms with E-state index in [-0.39, 0.29) is 11.7 Å². The van der Waals surface area contributed by atoms with E-state index in [2.05, 4.69) is 20.8 Å². The largest absolute Gasteiger partial charge is 0.481 e. The van der Waals surface area contributed by atoms with Gasteiger partial charge < -0.3 is 5.11 Å². The van der Waals surface area contributed by atoms with Crippen LogP contribution >= 0.6 is 0 Å². The van der Waals surface area contributed by atoms with Gasteiger partial charge in [0.05, 0.1) is 0 Å².